The van der Waals surface area contributed by atoms with Crippen LogP contribution in [0.25, 0.3) is 16.8 Å². The van der Waals surface area contributed by atoms with Crippen molar-refractivity contribution in [1.82, 2.24) is 10.2 Å². The Morgan fingerprint density at radius 3 is 2.85 bits per heavy atom. The average Bonchev–Trinajstić information content (AvgIpc) is 3.31. The number of rotatable bonds is 5. The van der Waals surface area contributed by atoms with Gasteiger partial charge >= 0.3 is 0 Å². The molecule has 1 aromatic heterocycles. The van der Waals surface area contributed by atoms with Gasteiger partial charge < -0.3 is 9.84 Å². The first-order valence-corrected chi connectivity index (χ1v) is 8.55. The number of benzene rings is 1. The maximum atomic E-state index is 10.8. The fourth-order valence-electron chi connectivity index (χ4n) is 3.24. The molecule has 0 atom stereocenters. The van der Waals surface area contributed by atoms with Crippen molar-refractivity contribution in [3.05, 3.63) is 95.1 Å². The van der Waals surface area contributed by atoms with Gasteiger partial charge in [-0.25, -0.2) is 0 Å². The lowest BCUT2D eigenvalue weighted by Crippen LogP contribution is -1.99. The highest BCUT2D eigenvalue weighted by molar-refractivity contribution is 5.91. The zero-order valence-electron chi connectivity index (χ0n) is 14.6. The average molecular weight is 355 g/mol. The first-order chi connectivity index (χ1) is 13.2. The van der Waals surface area contributed by atoms with Gasteiger partial charge in [0.25, 0.3) is 0 Å². The van der Waals surface area contributed by atoms with Gasteiger partial charge in [0.15, 0.2) is 0 Å². The molecule has 0 aliphatic heterocycles. The fourth-order valence-corrected chi connectivity index (χ4v) is 3.24. The van der Waals surface area contributed by atoms with Crippen LogP contribution in [0, 0.1) is 11.3 Å². The van der Waals surface area contributed by atoms with Crippen LogP contribution in [0.15, 0.2) is 84.0 Å². The SMILES string of the molecule is C=CCOC1=CCC2=CC(c3cn[nH]c3-c3ccc(C#N)cc3)=C(O)C2=C1. The molecule has 0 spiro atoms. The van der Waals surface area contributed by atoms with Gasteiger partial charge in [-0.1, -0.05) is 24.8 Å². The van der Waals surface area contributed by atoms with Crippen LogP contribution >= 0.6 is 0 Å². The number of hydrogen-bond acceptors (Lipinski definition) is 4. The second-order valence-corrected chi connectivity index (χ2v) is 6.25. The zero-order valence-corrected chi connectivity index (χ0v) is 14.6. The number of aromatic amines is 1. The van der Waals surface area contributed by atoms with E-state index in [4.69, 9.17) is 10.00 Å². The number of aliphatic hydroxyl groups excluding tert-OH is 1. The number of hydrogen-bond donors (Lipinski definition) is 2. The van der Waals surface area contributed by atoms with Gasteiger partial charge in [-0.3, -0.25) is 5.10 Å². The number of allylic oxidation sites excluding steroid dienone is 5. The van der Waals surface area contributed by atoms with Crippen molar-refractivity contribution >= 4 is 5.57 Å². The molecular weight excluding hydrogens is 338 g/mol. The first kappa shape index (κ1) is 16.7. The van der Waals surface area contributed by atoms with Gasteiger partial charge in [-0.15, -0.1) is 0 Å². The summed E-state index contributed by atoms with van der Waals surface area (Å²) < 4.78 is 5.59. The fraction of sp³-hybridized carbons (Fsp3) is 0.0909. The molecule has 0 amide bonds. The monoisotopic (exact) mass is 355 g/mol. The third-order valence-electron chi connectivity index (χ3n) is 4.58. The van der Waals surface area contributed by atoms with Gasteiger partial charge in [-0.05, 0) is 42.4 Å². The molecule has 0 unspecified atom stereocenters. The smallest absolute Gasteiger partial charge is 0.131 e. The lowest BCUT2D eigenvalue weighted by molar-refractivity contribution is 0.259. The Bertz CT molecular complexity index is 1070. The summed E-state index contributed by atoms with van der Waals surface area (Å²) in [5.74, 6) is 0.948. The number of H-pyrrole nitrogens is 1. The summed E-state index contributed by atoms with van der Waals surface area (Å²) in [5.41, 5.74) is 5.65. The number of nitrogens with zero attached hydrogens (tertiary/aromatic N) is 2. The highest BCUT2D eigenvalue weighted by Crippen LogP contribution is 2.42. The molecule has 2 aromatic rings. The summed E-state index contributed by atoms with van der Waals surface area (Å²) >= 11 is 0. The molecule has 0 radical (unpaired) electrons. The summed E-state index contributed by atoms with van der Waals surface area (Å²) in [6.45, 7) is 4.08. The molecule has 0 fully saturated rings. The largest absolute Gasteiger partial charge is 0.507 e. The minimum atomic E-state index is 0.217. The Hall–Kier alpha value is -3.78. The van der Waals surface area contributed by atoms with E-state index in [9.17, 15) is 5.11 Å². The minimum Gasteiger partial charge on any atom is -0.507 e. The molecular formula is C22H17N3O2. The Kier molecular flexibility index (Phi) is 4.23. The molecule has 0 bridgehead atoms. The van der Waals surface area contributed by atoms with Crippen LogP contribution in [-0.4, -0.2) is 21.9 Å². The second-order valence-electron chi connectivity index (χ2n) is 6.25. The third-order valence-corrected chi connectivity index (χ3v) is 4.58. The molecule has 0 saturated heterocycles. The molecule has 5 nitrogen and oxygen atoms in total. The lowest BCUT2D eigenvalue weighted by Gasteiger charge is -2.13. The minimum absolute atomic E-state index is 0.217. The van der Waals surface area contributed by atoms with E-state index in [0.717, 1.165) is 39.3 Å². The highest BCUT2D eigenvalue weighted by atomic mass is 16.5. The number of nitrogens with one attached hydrogen (secondary N) is 1. The normalized spacial score (nSPS) is 15.4. The Balaban J connectivity index is 1.71. The third kappa shape index (κ3) is 2.98. The summed E-state index contributed by atoms with van der Waals surface area (Å²) in [6.07, 6.45) is 9.91. The number of aromatic nitrogens is 2. The number of fused-ring (bicyclic) bond motifs is 1. The molecule has 1 aromatic carbocycles. The maximum absolute atomic E-state index is 10.8. The highest BCUT2D eigenvalue weighted by Gasteiger charge is 2.27. The van der Waals surface area contributed by atoms with Crippen LogP contribution in [0.5, 0.6) is 0 Å². The van der Waals surface area contributed by atoms with E-state index in [-0.39, 0.29) is 5.76 Å². The molecule has 5 heteroatoms. The van der Waals surface area contributed by atoms with E-state index < -0.39 is 0 Å². The van der Waals surface area contributed by atoms with Gasteiger partial charge in [0.1, 0.15) is 18.1 Å². The van der Waals surface area contributed by atoms with E-state index in [1.807, 2.05) is 30.4 Å². The maximum Gasteiger partial charge on any atom is 0.131 e. The zero-order chi connectivity index (χ0) is 18.8. The van der Waals surface area contributed by atoms with Gasteiger partial charge in [0.05, 0.1) is 23.5 Å². The summed E-state index contributed by atoms with van der Waals surface area (Å²) in [5, 5.41) is 27.0. The Morgan fingerprint density at radius 1 is 1.30 bits per heavy atom. The molecule has 2 N–H and O–H groups in total. The molecule has 132 valence electrons. The van der Waals surface area contributed by atoms with Crippen LogP contribution in [-0.2, 0) is 4.74 Å². The number of nitriles is 1. The van der Waals surface area contributed by atoms with Crippen molar-refractivity contribution in [2.24, 2.45) is 0 Å². The van der Waals surface area contributed by atoms with Crippen molar-refractivity contribution in [3.8, 4) is 17.3 Å². The van der Waals surface area contributed by atoms with E-state index >= 15 is 0 Å². The number of aliphatic hydroxyl groups is 1. The Labute approximate surface area is 156 Å². The molecule has 2 aliphatic carbocycles. The van der Waals surface area contributed by atoms with Gasteiger partial charge in [0, 0.05) is 22.3 Å². The van der Waals surface area contributed by atoms with Crippen LogP contribution in [0.1, 0.15) is 17.5 Å². The van der Waals surface area contributed by atoms with E-state index in [1.54, 1.807) is 24.4 Å². The molecule has 4 rings (SSSR count). The van der Waals surface area contributed by atoms with Crippen molar-refractivity contribution in [3.63, 3.8) is 0 Å². The van der Waals surface area contributed by atoms with E-state index in [0.29, 0.717) is 18.6 Å². The van der Waals surface area contributed by atoms with Gasteiger partial charge in [-0.2, -0.15) is 10.4 Å². The molecule has 2 aliphatic rings. The second kappa shape index (κ2) is 6.85. The summed E-state index contributed by atoms with van der Waals surface area (Å²) in [4.78, 5) is 0. The molecule has 27 heavy (non-hydrogen) atoms. The number of ether oxygens (including phenoxy) is 1. The predicted octanol–water partition coefficient (Wildman–Crippen LogP) is 4.57. The summed E-state index contributed by atoms with van der Waals surface area (Å²) in [6, 6.07) is 9.36. The van der Waals surface area contributed by atoms with Crippen LogP contribution < -0.4 is 0 Å². The van der Waals surface area contributed by atoms with Crippen molar-refractivity contribution < 1.29 is 9.84 Å². The first-order valence-electron chi connectivity index (χ1n) is 8.55. The van der Waals surface area contributed by atoms with E-state index in [1.165, 1.54) is 0 Å². The van der Waals surface area contributed by atoms with Crippen LogP contribution in [0.2, 0.25) is 0 Å². The van der Waals surface area contributed by atoms with E-state index in [2.05, 4.69) is 22.8 Å². The topological polar surface area (TPSA) is 81.9 Å². The Morgan fingerprint density at radius 2 is 2.11 bits per heavy atom. The quantitative estimate of drug-likeness (QED) is 0.770. The lowest BCUT2D eigenvalue weighted by atomic mass is 9.99. The summed E-state index contributed by atoms with van der Waals surface area (Å²) in [7, 11) is 0. The van der Waals surface area contributed by atoms with Crippen LogP contribution in [0.4, 0.5) is 0 Å². The van der Waals surface area contributed by atoms with Crippen molar-refractivity contribution in [2.45, 2.75) is 6.42 Å². The van der Waals surface area contributed by atoms with Crippen LogP contribution in [0.3, 0.4) is 0 Å². The molecule has 0 saturated carbocycles. The predicted molar refractivity (Wildman–Crippen MR) is 103 cm³/mol. The van der Waals surface area contributed by atoms with Crippen molar-refractivity contribution in [2.75, 3.05) is 6.61 Å². The standard InChI is InChI=1S/C22H17N3O2/c1-2-9-27-17-8-7-16-10-19(22(26)18(16)11-17)20-13-24-25-21(20)15-5-3-14(12-23)4-6-15/h2-6,8,10-11,13,26H,1,7,9H2,(H,24,25). The van der Waals surface area contributed by atoms with Gasteiger partial charge in [0.2, 0.25) is 0 Å². The molecule has 1 heterocycles. The van der Waals surface area contributed by atoms with Crippen molar-refractivity contribution in [1.29, 1.82) is 5.26 Å².